The summed E-state index contributed by atoms with van der Waals surface area (Å²) in [7, 11) is 0. The summed E-state index contributed by atoms with van der Waals surface area (Å²) in [6, 6.07) is 25.7. The number of nitrogen functional groups attached to an aromatic ring is 4. The monoisotopic (exact) mass is 480 g/mol. The molecule has 0 saturated carbocycles. The Morgan fingerprint density at radius 3 is 0.576 bits per heavy atom. The molecule has 8 N–H and O–H groups in total. The minimum atomic E-state index is -0.104. The van der Waals surface area contributed by atoms with Gasteiger partial charge in [0.1, 0.15) is 0 Å². The summed E-state index contributed by atoms with van der Waals surface area (Å²) in [4.78, 5) is 0. The van der Waals surface area contributed by atoms with Crippen LogP contribution >= 0.6 is 0 Å². The van der Waals surface area contributed by atoms with Gasteiger partial charge in [0.15, 0.2) is 0 Å². The maximum absolute atomic E-state index is 10.5. The van der Waals surface area contributed by atoms with Crippen molar-refractivity contribution in [3.05, 3.63) is 97.1 Å². The van der Waals surface area contributed by atoms with Gasteiger partial charge in [0, 0.05) is 22.7 Å². The first kappa shape index (κ1) is 29.0. The molecular weight excluding hydrogens is 456 g/mol. The molecule has 0 aliphatic rings. The van der Waals surface area contributed by atoms with Crippen molar-refractivity contribution >= 4 is 22.7 Å². The third-order valence-electron chi connectivity index (χ3n) is 3.68. The number of para-hydroxylation sites is 8. The van der Waals surface area contributed by atoms with E-state index in [0.29, 0.717) is 22.7 Å². The van der Waals surface area contributed by atoms with Crippen molar-refractivity contribution in [3.8, 4) is 23.0 Å². The van der Waals surface area contributed by atoms with Gasteiger partial charge in [-0.15, -0.1) is 0 Å². The van der Waals surface area contributed by atoms with Gasteiger partial charge in [-0.2, -0.15) is 0 Å². The van der Waals surface area contributed by atoms with Gasteiger partial charge >= 0.3 is 21.7 Å². The average molecular weight is 480 g/mol. The van der Waals surface area contributed by atoms with E-state index in [2.05, 4.69) is 0 Å². The molecule has 0 amide bonds. The average Bonchev–Trinajstić information content (AvgIpc) is 2.78. The molecule has 4 aromatic rings. The molecular formula is C24H24N4O4Ti. The second kappa shape index (κ2) is 15.7. The molecule has 0 aromatic heterocycles. The van der Waals surface area contributed by atoms with Crippen LogP contribution in [0.2, 0.25) is 0 Å². The molecule has 0 heterocycles. The molecule has 0 spiro atoms. The molecule has 33 heavy (non-hydrogen) atoms. The molecule has 0 radical (unpaired) electrons. The first-order valence-corrected chi connectivity index (χ1v) is 9.28. The van der Waals surface area contributed by atoms with Crippen LogP contribution in [0.15, 0.2) is 97.1 Å². The molecule has 0 aliphatic heterocycles. The Morgan fingerprint density at radius 1 is 0.333 bits per heavy atom. The Bertz CT molecular complexity index is 839. The Hall–Kier alpha value is -4.01. The van der Waals surface area contributed by atoms with Gasteiger partial charge in [-0.3, -0.25) is 0 Å². The van der Waals surface area contributed by atoms with Crippen LogP contribution in [0.25, 0.3) is 0 Å². The third kappa shape index (κ3) is 11.8. The third-order valence-corrected chi connectivity index (χ3v) is 3.68. The molecule has 8 nitrogen and oxygen atoms in total. The summed E-state index contributed by atoms with van der Waals surface area (Å²) in [5.74, 6) is -0.417. The van der Waals surface area contributed by atoms with Crippen molar-refractivity contribution in [2.75, 3.05) is 22.9 Å². The minimum absolute atomic E-state index is 0. The Morgan fingerprint density at radius 2 is 0.485 bits per heavy atom. The van der Waals surface area contributed by atoms with E-state index < -0.39 is 0 Å². The zero-order chi connectivity index (χ0) is 23.9. The fourth-order valence-corrected chi connectivity index (χ4v) is 1.92. The SMILES string of the molecule is Nc1ccccc1[O-].Nc1ccccc1[O-].Nc1ccccc1[O-].Nc1ccccc1[O-].[Ti+4]. The predicted molar refractivity (Wildman–Crippen MR) is 121 cm³/mol. The zero-order valence-corrected chi connectivity index (χ0v) is 19.2. The van der Waals surface area contributed by atoms with Crippen molar-refractivity contribution in [3.63, 3.8) is 0 Å². The molecule has 0 saturated heterocycles. The molecule has 4 aromatic carbocycles. The predicted octanol–water partition coefficient (Wildman–Crippen LogP) is 1.37. The largest absolute Gasteiger partial charge is 4.00 e. The summed E-state index contributed by atoms with van der Waals surface area (Å²) in [6.45, 7) is 0. The standard InChI is InChI=1S/4C6H7NO.Ti/c4*7-5-3-1-2-4-6(5)8;/h4*1-4,8H,7H2;/q;;;;+4/p-4. The zero-order valence-electron chi connectivity index (χ0n) is 17.7. The van der Waals surface area contributed by atoms with Crippen LogP contribution in [0, 0.1) is 0 Å². The van der Waals surface area contributed by atoms with E-state index in [-0.39, 0.29) is 44.7 Å². The van der Waals surface area contributed by atoms with Crippen molar-refractivity contribution in [1.82, 2.24) is 0 Å². The van der Waals surface area contributed by atoms with E-state index in [1.54, 1.807) is 72.8 Å². The number of hydrogen-bond acceptors (Lipinski definition) is 8. The molecule has 9 heteroatoms. The Kier molecular flexibility index (Phi) is 13.8. The summed E-state index contributed by atoms with van der Waals surface area (Å²) >= 11 is 0. The number of rotatable bonds is 0. The summed E-state index contributed by atoms with van der Waals surface area (Å²) in [5.41, 5.74) is 22.1. The van der Waals surface area contributed by atoms with E-state index in [0.717, 1.165) is 0 Å². The topological polar surface area (TPSA) is 196 Å². The van der Waals surface area contributed by atoms with Gasteiger partial charge < -0.3 is 43.4 Å². The van der Waals surface area contributed by atoms with Crippen molar-refractivity contribution in [1.29, 1.82) is 0 Å². The van der Waals surface area contributed by atoms with Crippen LogP contribution in [-0.4, -0.2) is 0 Å². The summed E-state index contributed by atoms with van der Waals surface area (Å²) in [6.07, 6.45) is 0. The van der Waals surface area contributed by atoms with Crippen LogP contribution in [0.3, 0.4) is 0 Å². The quantitative estimate of drug-likeness (QED) is 0.214. The van der Waals surface area contributed by atoms with Crippen LogP contribution in [0.1, 0.15) is 0 Å². The van der Waals surface area contributed by atoms with Gasteiger partial charge in [-0.25, -0.2) is 0 Å². The normalized spacial score (nSPS) is 8.73. The van der Waals surface area contributed by atoms with Crippen molar-refractivity contribution in [2.45, 2.75) is 0 Å². The van der Waals surface area contributed by atoms with E-state index >= 15 is 0 Å². The first-order valence-electron chi connectivity index (χ1n) is 9.28. The maximum Gasteiger partial charge on any atom is 4.00 e. The molecule has 4 rings (SSSR count). The second-order valence-electron chi connectivity index (χ2n) is 6.15. The molecule has 0 atom stereocenters. The first-order chi connectivity index (χ1) is 15.2. The van der Waals surface area contributed by atoms with Crippen molar-refractivity contribution < 1.29 is 42.1 Å². The van der Waals surface area contributed by atoms with Gasteiger partial charge in [0.05, 0.1) is 0 Å². The van der Waals surface area contributed by atoms with Gasteiger partial charge in [0.25, 0.3) is 0 Å². The molecule has 0 bridgehead atoms. The van der Waals surface area contributed by atoms with E-state index in [4.69, 9.17) is 22.9 Å². The number of hydrogen-bond donors (Lipinski definition) is 4. The smallest absolute Gasteiger partial charge is 0.871 e. The number of nitrogens with two attached hydrogens (primary N) is 4. The molecule has 0 aliphatic carbocycles. The number of benzene rings is 4. The number of anilines is 4. The van der Waals surface area contributed by atoms with Gasteiger partial charge in [-0.05, 0) is 24.3 Å². The van der Waals surface area contributed by atoms with Gasteiger partial charge in [-0.1, -0.05) is 95.8 Å². The summed E-state index contributed by atoms with van der Waals surface area (Å²) in [5, 5.41) is 42.0. The van der Waals surface area contributed by atoms with Crippen LogP contribution < -0.4 is 43.4 Å². The molecule has 0 unspecified atom stereocenters. The maximum atomic E-state index is 10.5. The fourth-order valence-electron chi connectivity index (χ4n) is 1.92. The van der Waals surface area contributed by atoms with E-state index in [1.165, 1.54) is 24.3 Å². The Balaban J connectivity index is 0.000000410. The van der Waals surface area contributed by atoms with E-state index in [1.807, 2.05) is 0 Å². The minimum Gasteiger partial charge on any atom is -0.871 e. The molecule has 168 valence electrons. The van der Waals surface area contributed by atoms with Crippen LogP contribution in [-0.2, 0) is 21.7 Å². The Labute approximate surface area is 207 Å². The second-order valence-corrected chi connectivity index (χ2v) is 6.15. The van der Waals surface area contributed by atoms with Crippen LogP contribution in [0.4, 0.5) is 22.7 Å². The summed E-state index contributed by atoms with van der Waals surface area (Å²) < 4.78 is 0. The van der Waals surface area contributed by atoms with E-state index in [9.17, 15) is 20.4 Å². The van der Waals surface area contributed by atoms with Crippen LogP contribution in [0.5, 0.6) is 23.0 Å². The molecule has 0 fully saturated rings. The fraction of sp³-hybridized carbons (Fsp3) is 0. The van der Waals surface area contributed by atoms with Crippen molar-refractivity contribution in [2.24, 2.45) is 0 Å². The van der Waals surface area contributed by atoms with Gasteiger partial charge in [0.2, 0.25) is 0 Å².